The predicted octanol–water partition coefficient (Wildman–Crippen LogP) is 4.91. The molecule has 1 atom stereocenters. The summed E-state index contributed by atoms with van der Waals surface area (Å²) in [6.07, 6.45) is 2.01. The largest absolute Gasteiger partial charge is 0.321 e. The molecule has 1 aliphatic rings. The zero-order valence-corrected chi connectivity index (χ0v) is 21.8. The van der Waals surface area contributed by atoms with Crippen molar-refractivity contribution in [2.45, 2.75) is 32.4 Å². The number of pyridine rings is 1. The van der Waals surface area contributed by atoms with Gasteiger partial charge >= 0.3 is 0 Å². The van der Waals surface area contributed by atoms with E-state index in [0.717, 1.165) is 33.2 Å². The van der Waals surface area contributed by atoms with Gasteiger partial charge in [0.1, 0.15) is 6.33 Å². The van der Waals surface area contributed by atoms with E-state index in [4.69, 9.17) is 16.7 Å². The number of nitrogens with one attached hydrogen (secondary N) is 1. The Balaban J connectivity index is 1.48. The maximum Gasteiger partial charge on any atom is 0.258 e. The molecule has 9 nitrogen and oxygen atoms in total. The minimum atomic E-state index is -0.356. The van der Waals surface area contributed by atoms with E-state index in [1.165, 1.54) is 16.0 Å². The maximum absolute atomic E-state index is 13.6. The summed E-state index contributed by atoms with van der Waals surface area (Å²) in [7, 11) is 0. The molecule has 0 saturated heterocycles. The van der Waals surface area contributed by atoms with Crippen LogP contribution in [0.5, 0.6) is 0 Å². The number of hydrazone groups is 1. The van der Waals surface area contributed by atoms with Crippen LogP contribution in [-0.4, -0.2) is 41.8 Å². The second-order valence-electron chi connectivity index (χ2n) is 9.50. The van der Waals surface area contributed by atoms with E-state index in [9.17, 15) is 9.59 Å². The molecule has 1 aliphatic heterocycles. The van der Waals surface area contributed by atoms with Gasteiger partial charge in [-0.3, -0.25) is 9.59 Å². The van der Waals surface area contributed by atoms with E-state index in [1.807, 2.05) is 67.6 Å². The third-order valence-electron chi connectivity index (χ3n) is 6.92. The number of aromatic amines is 1. The van der Waals surface area contributed by atoms with E-state index in [0.29, 0.717) is 29.3 Å². The number of para-hydroxylation sites is 1. The number of amides is 1. The third kappa shape index (κ3) is 4.84. The van der Waals surface area contributed by atoms with Gasteiger partial charge in [0.15, 0.2) is 0 Å². The lowest BCUT2D eigenvalue weighted by Crippen LogP contribution is -2.28. The summed E-state index contributed by atoms with van der Waals surface area (Å²) in [5.41, 5.74) is 5.12. The van der Waals surface area contributed by atoms with Gasteiger partial charge in [-0.1, -0.05) is 71.8 Å². The van der Waals surface area contributed by atoms with Crippen molar-refractivity contribution in [2.24, 2.45) is 5.10 Å². The highest BCUT2D eigenvalue weighted by Crippen LogP contribution is 2.37. The van der Waals surface area contributed by atoms with Crippen LogP contribution in [0.3, 0.4) is 0 Å². The molecule has 6 rings (SSSR count). The molecule has 0 aliphatic carbocycles. The molecule has 3 heterocycles. The number of carbonyl (C=O) groups excluding carboxylic acids is 1. The van der Waals surface area contributed by atoms with Gasteiger partial charge < -0.3 is 4.98 Å². The molecule has 39 heavy (non-hydrogen) atoms. The lowest BCUT2D eigenvalue weighted by molar-refractivity contribution is -0.133. The fraction of sp³-hybridized carbons (Fsp3) is 0.172. The van der Waals surface area contributed by atoms with Crippen LogP contribution in [0.15, 0.2) is 89.0 Å². The van der Waals surface area contributed by atoms with Gasteiger partial charge in [-0.05, 0) is 46.7 Å². The quantitative estimate of drug-likeness (QED) is 0.331. The molecule has 194 valence electrons. The van der Waals surface area contributed by atoms with Crippen LogP contribution in [0.1, 0.15) is 35.6 Å². The number of aryl methyl sites for hydroxylation is 2. The van der Waals surface area contributed by atoms with Crippen LogP contribution < -0.4 is 5.56 Å². The first kappa shape index (κ1) is 24.7. The highest BCUT2D eigenvalue weighted by molar-refractivity contribution is 6.30. The highest BCUT2D eigenvalue weighted by Gasteiger charge is 2.35. The Morgan fingerprint density at radius 1 is 1.03 bits per heavy atom. The number of H-pyrrole nitrogens is 1. The zero-order chi connectivity index (χ0) is 26.9. The van der Waals surface area contributed by atoms with Crippen LogP contribution >= 0.6 is 11.6 Å². The van der Waals surface area contributed by atoms with Crippen molar-refractivity contribution in [2.75, 3.05) is 0 Å². The fourth-order valence-electron chi connectivity index (χ4n) is 4.98. The summed E-state index contributed by atoms with van der Waals surface area (Å²) in [5, 5.41) is 18.9. The van der Waals surface area contributed by atoms with Crippen molar-refractivity contribution in [3.63, 3.8) is 0 Å². The summed E-state index contributed by atoms with van der Waals surface area (Å²) in [6, 6.07) is 22.7. The molecule has 10 heteroatoms. The lowest BCUT2D eigenvalue weighted by Gasteiger charge is -2.22. The first-order valence-corrected chi connectivity index (χ1v) is 12.9. The van der Waals surface area contributed by atoms with Gasteiger partial charge in [-0.2, -0.15) is 5.10 Å². The Morgan fingerprint density at radius 2 is 1.79 bits per heavy atom. The Bertz CT molecular complexity index is 1740. The average Bonchev–Trinajstić information content (AvgIpc) is 3.63. The molecule has 0 fully saturated rings. The van der Waals surface area contributed by atoms with Gasteiger partial charge in [0.2, 0.25) is 5.91 Å². The predicted molar refractivity (Wildman–Crippen MR) is 149 cm³/mol. The van der Waals surface area contributed by atoms with Gasteiger partial charge in [-0.25, -0.2) is 9.69 Å². The maximum atomic E-state index is 13.6. The fourth-order valence-corrected chi connectivity index (χ4v) is 5.11. The van der Waals surface area contributed by atoms with Crippen LogP contribution in [-0.2, 0) is 11.3 Å². The third-order valence-corrected chi connectivity index (χ3v) is 7.17. The van der Waals surface area contributed by atoms with Gasteiger partial charge in [-0.15, -0.1) is 5.10 Å². The molecule has 1 unspecified atom stereocenters. The number of nitrogens with zero attached hydrogens (tertiary/aromatic N) is 6. The smallest absolute Gasteiger partial charge is 0.258 e. The number of carbonyl (C=O) groups is 1. The minimum absolute atomic E-state index is 0.155. The highest BCUT2D eigenvalue weighted by atomic mass is 35.5. The summed E-state index contributed by atoms with van der Waals surface area (Å²) in [4.78, 5) is 30.1. The number of hydrogen-bond acceptors (Lipinski definition) is 6. The van der Waals surface area contributed by atoms with Gasteiger partial charge in [0, 0.05) is 34.3 Å². The summed E-state index contributed by atoms with van der Waals surface area (Å²) >= 11 is 6.18. The SMILES string of the molecule is Cc1ccc(C2CC(c3c(-c4ccc(Cl)cc4)c4ccccc4[nH]c3=O)=NN2C(=O)CCn2cnnn2)cc1. The van der Waals surface area contributed by atoms with Crippen LogP contribution in [0.4, 0.5) is 0 Å². The number of benzene rings is 3. The second-order valence-corrected chi connectivity index (χ2v) is 9.93. The van der Waals surface area contributed by atoms with E-state index < -0.39 is 0 Å². The van der Waals surface area contributed by atoms with Crippen molar-refractivity contribution < 1.29 is 4.79 Å². The van der Waals surface area contributed by atoms with Crippen LogP contribution in [0.2, 0.25) is 5.02 Å². The Labute approximate surface area is 228 Å². The Kier molecular flexibility index (Phi) is 6.50. The number of rotatable bonds is 6. The van der Waals surface area contributed by atoms with Crippen LogP contribution in [0.25, 0.3) is 22.0 Å². The number of halogens is 1. The van der Waals surface area contributed by atoms with E-state index >= 15 is 0 Å². The molecular weight excluding hydrogens is 514 g/mol. The summed E-state index contributed by atoms with van der Waals surface area (Å²) < 4.78 is 1.51. The van der Waals surface area contributed by atoms with Crippen molar-refractivity contribution in [1.29, 1.82) is 0 Å². The zero-order valence-electron chi connectivity index (χ0n) is 21.1. The molecular formula is C29H24ClN7O2. The first-order chi connectivity index (χ1) is 19.0. The summed E-state index contributed by atoms with van der Waals surface area (Å²) in [5.74, 6) is -0.184. The topological polar surface area (TPSA) is 109 Å². The standard InChI is InChI=1S/C29H24ClN7O2/c1-18-6-8-19(9-7-18)25-16-24(33-37(25)26(38)14-15-36-17-31-34-35-36)28-27(20-10-12-21(30)13-11-20)22-4-2-3-5-23(22)32-29(28)39/h2-13,17,25H,14-16H2,1H3,(H,32,39). The van der Waals surface area contributed by atoms with E-state index in [-0.39, 0.29) is 23.9 Å². The molecule has 0 radical (unpaired) electrons. The molecule has 5 aromatic rings. The number of tetrazole rings is 1. The first-order valence-electron chi connectivity index (χ1n) is 12.6. The second kappa shape index (κ2) is 10.3. The molecule has 0 bridgehead atoms. The van der Waals surface area contributed by atoms with Crippen molar-refractivity contribution in [3.05, 3.63) is 111 Å². The van der Waals surface area contributed by atoms with Crippen molar-refractivity contribution in [3.8, 4) is 11.1 Å². The molecule has 2 aromatic heterocycles. The average molecular weight is 538 g/mol. The number of fused-ring (bicyclic) bond motifs is 1. The number of hydrogen-bond donors (Lipinski definition) is 1. The monoisotopic (exact) mass is 537 g/mol. The Morgan fingerprint density at radius 3 is 2.54 bits per heavy atom. The summed E-state index contributed by atoms with van der Waals surface area (Å²) in [6.45, 7) is 2.34. The minimum Gasteiger partial charge on any atom is -0.321 e. The normalized spacial score (nSPS) is 15.1. The van der Waals surface area contributed by atoms with Gasteiger partial charge in [0.25, 0.3) is 5.56 Å². The van der Waals surface area contributed by atoms with E-state index in [1.54, 1.807) is 12.1 Å². The molecule has 3 aromatic carbocycles. The molecule has 1 N–H and O–H groups in total. The molecule has 0 saturated carbocycles. The Hall–Kier alpha value is -4.63. The molecule has 1 amide bonds. The lowest BCUT2D eigenvalue weighted by atomic mass is 9.91. The van der Waals surface area contributed by atoms with Crippen molar-refractivity contribution >= 4 is 34.1 Å². The van der Waals surface area contributed by atoms with Crippen LogP contribution in [0, 0.1) is 6.92 Å². The molecule has 0 spiro atoms. The van der Waals surface area contributed by atoms with Crippen molar-refractivity contribution in [1.82, 2.24) is 30.2 Å². The van der Waals surface area contributed by atoms with Gasteiger partial charge in [0.05, 0.1) is 23.9 Å². The van der Waals surface area contributed by atoms with E-state index in [2.05, 4.69) is 20.5 Å². The number of aromatic nitrogens is 5.